The largest absolute Gasteiger partial charge is 0.772 e. The van der Waals surface area contributed by atoms with Crippen molar-refractivity contribution in [3.63, 3.8) is 0 Å². The molecule has 0 saturated carbocycles. The summed E-state index contributed by atoms with van der Waals surface area (Å²) in [6, 6.07) is 0. The Morgan fingerprint density at radius 3 is 2.56 bits per heavy atom. The lowest BCUT2D eigenvalue weighted by Gasteiger charge is -2.04. The summed E-state index contributed by atoms with van der Waals surface area (Å²) in [6.07, 6.45) is 0.218. The van der Waals surface area contributed by atoms with Crippen molar-refractivity contribution in [1.29, 1.82) is 0 Å². The average Bonchev–Trinajstić information content (AvgIpc) is 1.82. The average molecular weight is 152 g/mol. The number of nitrogens with two attached hydrogens (primary N) is 1. The molecule has 1 unspecified atom stereocenters. The molecule has 0 aromatic heterocycles. The van der Waals surface area contributed by atoms with Gasteiger partial charge in [-0.3, -0.25) is 4.21 Å². The number of hydrogen-bond donors (Lipinski definition) is 1. The lowest BCUT2D eigenvalue weighted by atomic mass is 10.3. The van der Waals surface area contributed by atoms with Crippen LogP contribution in [0.25, 0.3) is 0 Å². The Morgan fingerprint density at radius 2 is 2.44 bits per heavy atom. The van der Waals surface area contributed by atoms with E-state index < -0.39 is 11.1 Å². The maximum atomic E-state index is 11.5. The van der Waals surface area contributed by atoms with Crippen LogP contribution in [0.15, 0.2) is 11.9 Å². The highest BCUT2D eigenvalue weighted by atomic mass is 32.2. The Morgan fingerprint density at radius 1 is 1.89 bits per heavy atom. The molecule has 0 heterocycles. The van der Waals surface area contributed by atoms with Crippen molar-refractivity contribution in [2.24, 2.45) is 5.73 Å². The second kappa shape index (κ2) is 4.60. The molecule has 9 heavy (non-hydrogen) atoms. The van der Waals surface area contributed by atoms with Gasteiger partial charge in [0.25, 0.3) is 0 Å². The van der Waals surface area contributed by atoms with Crippen LogP contribution in [0.4, 0.5) is 4.39 Å². The van der Waals surface area contributed by atoms with Gasteiger partial charge in [-0.1, -0.05) is 11.1 Å². The molecule has 5 heteroatoms. The zero-order valence-electron chi connectivity index (χ0n) is 4.67. The first kappa shape index (κ1) is 8.74. The highest BCUT2D eigenvalue weighted by Crippen LogP contribution is 1.93. The van der Waals surface area contributed by atoms with E-state index in [9.17, 15) is 13.2 Å². The molecule has 0 rings (SSSR count). The monoisotopic (exact) mass is 152 g/mol. The second-order valence-electron chi connectivity index (χ2n) is 1.42. The molecule has 0 saturated heterocycles. The van der Waals surface area contributed by atoms with E-state index in [2.05, 4.69) is 0 Å². The predicted molar refractivity (Wildman–Crippen MR) is 32.0 cm³/mol. The van der Waals surface area contributed by atoms with Crippen molar-refractivity contribution in [1.82, 2.24) is 0 Å². The molecule has 1 atom stereocenters. The predicted octanol–water partition coefficient (Wildman–Crippen LogP) is -0.322. The lowest BCUT2D eigenvalue weighted by molar-refractivity contribution is 0.538. The van der Waals surface area contributed by atoms with Crippen molar-refractivity contribution in [2.45, 2.75) is 0 Å². The Kier molecular flexibility index (Phi) is 4.47. The first-order chi connectivity index (χ1) is 4.20. The lowest BCUT2D eigenvalue weighted by Crippen LogP contribution is -2.09. The fraction of sp³-hybridized carbons (Fsp3) is 0.500. The van der Waals surface area contributed by atoms with E-state index in [1.54, 1.807) is 0 Å². The number of halogens is 1. The van der Waals surface area contributed by atoms with E-state index >= 15 is 0 Å². The number of rotatable bonds is 3. The molecular formula is C4H7FNO2S-. The topological polar surface area (TPSA) is 66.2 Å². The third-order valence-corrected chi connectivity index (χ3v) is 1.33. The van der Waals surface area contributed by atoms with Crippen molar-refractivity contribution in [2.75, 3.05) is 12.3 Å². The fourth-order valence-electron chi connectivity index (χ4n) is 0.286. The van der Waals surface area contributed by atoms with Gasteiger partial charge in [0, 0.05) is 12.3 Å². The molecule has 0 radical (unpaired) electrons. The molecule has 0 aliphatic carbocycles. The quantitative estimate of drug-likeness (QED) is 0.563. The first-order valence-corrected chi connectivity index (χ1v) is 3.49. The Hall–Kier alpha value is -0.260. The normalized spacial score (nSPS) is 15.7. The Labute approximate surface area is 55.0 Å². The van der Waals surface area contributed by atoms with Crippen molar-refractivity contribution in [3.8, 4) is 0 Å². The zero-order chi connectivity index (χ0) is 7.28. The summed E-state index contributed by atoms with van der Waals surface area (Å²) < 4.78 is 31.2. The van der Waals surface area contributed by atoms with Crippen LogP contribution in [0.2, 0.25) is 0 Å². The van der Waals surface area contributed by atoms with Gasteiger partial charge >= 0.3 is 0 Å². The van der Waals surface area contributed by atoms with Crippen LogP contribution in [-0.2, 0) is 11.1 Å². The summed E-state index contributed by atoms with van der Waals surface area (Å²) in [5.41, 5.74) is 5.04. The smallest absolute Gasteiger partial charge is 0.0880 e. The van der Waals surface area contributed by atoms with Gasteiger partial charge in [0.1, 0.15) is 0 Å². The van der Waals surface area contributed by atoms with Crippen molar-refractivity contribution in [3.05, 3.63) is 11.9 Å². The fourth-order valence-corrected chi connectivity index (χ4v) is 0.770. The van der Waals surface area contributed by atoms with Crippen molar-refractivity contribution < 1.29 is 13.2 Å². The van der Waals surface area contributed by atoms with Crippen LogP contribution in [0.1, 0.15) is 0 Å². The molecule has 2 N–H and O–H groups in total. The summed E-state index contributed by atoms with van der Waals surface area (Å²) in [6.45, 7) is -0.0511. The van der Waals surface area contributed by atoms with Gasteiger partial charge in [-0.25, -0.2) is 4.39 Å². The van der Waals surface area contributed by atoms with Crippen LogP contribution in [0.5, 0.6) is 0 Å². The highest BCUT2D eigenvalue weighted by molar-refractivity contribution is 7.79. The van der Waals surface area contributed by atoms with Gasteiger partial charge in [0.15, 0.2) is 0 Å². The summed E-state index contributed by atoms with van der Waals surface area (Å²) in [5, 5.41) is 0. The van der Waals surface area contributed by atoms with E-state index in [4.69, 9.17) is 5.73 Å². The summed E-state index contributed by atoms with van der Waals surface area (Å²) >= 11 is -2.23. The molecule has 3 nitrogen and oxygen atoms in total. The van der Waals surface area contributed by atoms with Crippen LogP contribution in [-0.4, -0.2) is 21.1 Å². The third-order valence-electron chi connectivity index (χ3n) is 0.720. The minimum Gasteiger partial charge on any atom is -0.772 e. The molecule has 0 amide bonds. The number of hydrogen-bond acceptors (Lipinski definition) is 3. The summed E-state index contributed by atoms with van der Waals surface area (Å²) in [5.74, 6) is -0.312. The molecule has 0 bridgehead atoms. The van der Waals surface area contributed by atoms with Gasteiger partial charge in [0.2, 0.25) is 0 Å². The molecular weight excluding hydrogens is 145 g/mol. The molecule has 0 spiro atoms. The van der Waals surface area contributed by atoms with Crippen LogP contribution >= 0.6 is 0 Å². The van der Waals surface area contributed by atoms with Crippen LogP contribution in [0, 0.1) is 0 Å². The van der Waals surface area contributed by atoms with Gasteiger partial charge in [0.05, 0.1) is 6.33 Å². The van der Waals surface area contributed by atoms with E-state index in [0.29, 0.717) is 0 Å². The van der Waals surface area contributed by atoms with Crippen LogP contribution in [0.3, 0.4) is 0 Å². The van der Waals surface area contributed by atoms with E-state index in [1.807, 2.05) is 0 Å². The summed E-state index contributed by atoms with van der Waals surface area (Å²) in [4.78, 5) is 0. The molecule has 0 aromatic carbocycles. The Bertz CT molecular complexity index is 137. The Balaban J connectivity index is 3.71. The van der Waals surface area contributed by atoms with Crippen molar-refractivity contribution >= 4 is 11.1 Å². The minimum atomic E-state index is -2.23. The maximum absolute atomic E-state index is 11.5. The zero-order valence-corrected chi connectivity index (χ0v) is 5.49. The van der Waals surface area contributed by atoms with E-state index in [-0.39, 0.29) is 24.2 Å². The van der Waals surface area contributed by atoms with E-state index in [1.165, 1.54) is 0 Å². The van der Waals surface area contributed by atoms with Gasteiger partial charge in [-0.05, 0) is 5.57 Å². The molecule has 0 aliphatic heterocycles. The SMILES string of the molecule is NCC(=CF)CS(=O)[O-]. The summed E-state index contributed by atoms with van der Waals surface area (Å²) in [7, 11) is 0. The second-order valence-corrected chi connectivity index (χ2v) is 2.32. The van der Waals surface area contributed by atoms with Crippen LogP contribution < -0.4 is 5.73 Å². The van der Waals surface area contributed by atoms with Gasteiger partial charge in [-0.15, -0.1) is 0 Å². The third kappa shape index (κ3) is 4.26. The minimum absolute atomic E-state index is 0.0511. The molecule has 54 valence electrons. The molecule has 0 aliphatic rings. The highest BCUT2D eigenvalue weighted by Gasteiger charge is 1.92. The standard InChI is InChI=1S/C4H8FNO2S/c5-1-4(2-6)3-9(7)8/h1H,2-3,6H2,(H,7,8)/p-1. The molecule has 0 aromatic rings. The van der Waals surface area contributed by atoms with E-state index in [0.717, 1.165) is 0 Å². The van der Waals surface area contributed by atoms with Gasteiger partial charge in [-0.2, -0.15) is 0 Å². The molecule has 0 fully saturated rings. The maximum Gasteiger partial charge on any atom is 0.0880 e. The first-order valence-electron chi connectivity index (χ1n) is 2.24. The van der Waals surface area contributed by atoms with Gasteiger partial charge < -0.3 is 10.3 Å².